The van der Waals surface area contributed by atoms with Crippen LogP contribution in [-0.4, -0.2) is 73.9 Å². The molecule has 1 N–H and O–H groups in total. The summed E-state index contributed by atoms with van der Waals surface area (Å²) in [4.78, 5) is 14.8. The minimum absolute atomic E-state index is 0.00159. The summed E-state index contributed by atoms with van der Waals surface area (Å²) < 4.78 is 11.1. The second-order valence-electron chi connectivity index (χ2n) is 5.77. The van der Waals surface area contributed by atoms with Crippen molar-refractivity contribution in [3.05, 3.63) is 28.8 Å². The second kappa shape index (κ2) is 8.49. The van der Waals surface area contributed by atoms with E-state index in [0.29, 0.717) is 18.2 Å². The molecule has 1 aromatic carbocycles. The molecule has 1 aliphatic heterocycles. The van der Waals surface area contributed by atoms with Crippen LogP contribution in [0.3, 0.4) is 0 Å². The third kappa shape index (κ3) is 5.66. The van der Waals surface area contributed by atoms with E-state index in [1.54, 1.807) is 19.1 Å². The fourth-order valence-corrected chi connectivity index (χ4v) is 2.98. The van der Waals surface area contributed by atoms with E-state index in [1.807, 2.05) is 18.2 Å². The number of methoxy groups -OCH3 is 1. The van der Waals surface area contributed by atoms with E-state index >= 15 is 0 Å². The summed E-state index contributed by atoms with van der Waals surface area (Å²) in [6, 6.07) is 5.60. The molecule has 1 saturated heterocycles. The molecular formula is C16H23ClN2O4. The minimum Gasteiger partial charge on any atom is -0.496 e. The molecule has 1 aromatic rings. The normalized spacial score (nSPS) is 19.0. The first-order chi connectivity index (χ1) is 11.0. The highest BCUT2D eigenvalue weighted by Gasteiger charge is 2.23. The average molecular weight is 343 g/mol. The molecule has 1 fully saturated rings. The Bertz CT molecular complexity index is 541. The van der Waals surface area contributed by atoms with Crippen LogP contribution in [-0.2, 0) is 16.1 Å². The number of carboxylic acids is 1. The van der Waals surface area contributed by atoms with Gasteiger partial charge < -0.3 is 14.6 Å². The molecule has 1 unspecified atom stereocenters. The Kier molecular flexibility index (Phi) is 6.65. The van der Waals surface area contributed by atoms with Crippen molar-refractivity contribution in [1.82, 2.24) is 9.80 Å². The van der Waals surface area contributed by atoms with Gasteiger partial charge in [-0.25, -0.2) is 0 Å². The first-order valence-electron chi connectivity index (χ1n) is 7.54. The van der Waals surface area contributed by atoms with Gasteiger partial charge in [-0.2, -0.15) is 0 Å². The van der Waals surface area contributed by atoms with Crippen LogP contribution in [0.5, 0.6) is 5.75 Å². The first kappa shape index (κ1) is 18.0. The molecule has 2 rings (SSSR count). The smallest absolute Gasteiger partial charge is 0.317 e. The number of nitrogens with zero attached hydrogens (tertiary/aromatic N) is 2. The lowest BCUT2D eigenvalue weighted by molar-refractivity contribution is -0.138. The summed E-state index contributed by atoms with van der Waals surface area (Å²) >= 11 is 6.08. The molecule has 7 heteroatoms. The number of hydrogen-bond acceptors (Lipinski definition) is 5. The number of carboxylic acid groups (broad SMARTS) is 1. The predicted octanol–water partition coefficient (Wildman–Crippen LogP) is 1.57. The van der Waals surface area contributed by atoms with Gasteiger partial charge in [-0.3, -0.25) is 14.6 Å². The fraction of sp³-hybridized carbons (Fsp3) is 0.562. The van der Waals surface area contributed by atoms with Crippen molar-refractivity contribution in [3.8, 4) is 5.75 Å². The largest absolute Gasteiger partial charge is 0.496 e. The molecule has 0 aliphatic carbocycles. The molecule has 0 radical (unpaired) electrons. The highest BCUT2D eigenvalue weighted by molar-refractivity contribution is 6.30. The van der Waals surface area contributed by atoms with E-state index in [9.17, 15) is 4.79 Å². The van der Waals surface area contributed by atoms with Crippen LogP contribution >= 0.6 is 11.6 Å². The number of aliphatic carboxylic acids is 1. The zero-order valence-corrected chi connectivity index (χ0v) is 14.3. The molecule has 1 heterocycles. The third-order valence-electron chi connectivity index (χ3n) is 3.78. The van der Waals surface area contributed by atoms with E-state index < -0.39 is 5.97 Å². The van der Waals surface area contributed by atoms with Gasteiger partial charge in [-0.1, -0.05) is 11.6 Å². The molecule has 0 bridgehead atoms. The van der Waals surface area contributed by atoms with E-state index in [-0.39, 0.29) is 12.6 Å². The Morgan fingerprint density at radius 2 is 2.35 bits per heavy atom. The van der Waals surface area contributed by atoms with Gasteiger partial charge in [0.2, 0.25) is 0 Å². The summed E-state index contributed by atoms with van der Waals surface area (Å²) in [5.74, 6) is -0.00994. The Labute approximate surface area is 141 Å². The molecule has 23 heavy (non-hydrogen) atoms. The van der Waals surface area contributed by atoms with Crippen molar-refractivity contribution in [2.45, 2.75) is 12.6 Å². The molecule has 128 valence electrons. The molecular weight excluding hydrogens is 320 g/mol. The lowest BCUT2D eigenvalue weighted by Crippen LogP contribution is -2.47. The molecule has 6 nitrogen and oxygen atoms in total. The summed E-state index contributed by atoms with van der Waals surface area (Å²) in [6.07, 6.45) is -0.00159. The third-order valence-corrected chi connectivity index (χ3v) is 4.01. The average Bonchev–Trinajstić information content (AvgIpc) is 2.47. The fourth-order valence-electron chi connectivity index (χ4n) is 2.79. The standard InChI is InChI=1S/C16H23ClN2O4/c1-18(11-16(20)21)9-14-10-19(5-6-23-14)8-12-7-13(17)3-4-15(12)22-2/h3-4,7,14H,5-6,8-11H2,1-2H3,(H,20,21). The predicted molar refractivity (Wildman–Crippen MR) is 88.2 cm³/mol. The number of morpholine rings is 1. The highest BCUT2D eigenvalue weighted by atomic mass is 35.5. The van der Waals surface area contributed by atoms with E-state index in [4.69, 9.17) is 26.2 Å². The van der Waals surface area contributed by atoms with Gasteiger partial charge in [0.05, 0.1) is 26.4 Å². The molecule has 1 aliphatic rings. The number of ether oxygens (including phenoxy) is 2. The molecule has 0 saturated carbocycles. The van der Waals surface area contributed by atoms with Crippen LogP contribution in [0.2, 0.25) is 5.02 Å². The van der Waals surface area contributed by atoms with Crippen LogP contribution in [0.4, 0.5) is 0 Å². The highest BCUT2D eigenvalue weighted by Crippen LogP contribution is 2.24. The Hall–Kier alpha value is -1.34. The quantitative estimate of drug-likeness (QED) is 0.811. The van der Waals surface area contributed by atoms with Crippen molar-refractivity contribution >= 4 is 17.6 Å². The molecule has 0 amide bonds. The van der Waals surface area contributed by atoms with E-state index in [2.05, 4.69) is 4.90 Å². The summed E-state index contributed by atoms with van der Waals surface area (Å²) in [5.41, 5.74) is 1.04. The first-order valence-corrected chi connectivity index (χ1v) is 7.92. The summed E-state index contributed by atoms with van der Waals surface area (Å²) in [7, 11) is 3.44. The van der Waals surface area contributed by atoms with Crippen LogP contribution in [0, 0.1) is 0 Å². The number of halogens is 1. The molecule has 0 spiro atoms. The minimum atomic E-state index is -0.830. The summed E-state index contributed by atoms with van der Waals surface area (Å²) in [6.45, 7) is 3.55. The Morgan fingerprint density at radius 3 is 3.04 bits per heavy atom. The Balaban J connectivity index is 1.93. The topological polar surface area (TPSA) is 62.2 Å². The lowest BCUT2D eigenvalue weighted by atomic mass is 10.1. The number of likely N-dealkylation sites (N-methyl/N-ethyl adjacent to an activating group) is 1. The van der Waals surface area contributed by atoms with Crippen molar-refractivity contribution in [1.29, 1.82) is 0 Å². The van der Waals surface area contributed by atoms with Gasteiger partial charge in [-0.05, 0) is 25.2 Å². The Morgan fingerprint density at radius 1 is 1.57 bits per heavy atom. The number of hydrogen-bond donors (Lipinski definition) is 1. The summed E-state index contributed by atoms with van der Waals surface area (Å²) in [5, 5.41) is 9.51. The molecule has 1 atom stereocenters. The maximum Gasteiger partial charge on any atom is 0.317 e. The monoisotopic (exact) mass is 342 g/mol. The van der Waals surface area contributed by atoms with Gasteiger partial charge in [0.25, 0.3) is 0 Å². The van der Waals surface area contributed by atoms with Gasteiger partial charge in [0, 0.05) is 36.8 Å². The van der Waals surface area contributed by atoms with E-state index in [0.717, 1.165) is 30.9 Å². The van der Waals surface area contributed by atoms with Crippen molar-refractivity contribution in [2.75, 3.05) is 46.9 Å². The number of carbonyl (C=O) groups is 1. The van der Waals surface area contributed by atoms with Gasteiger partial charge in [0.15, 0.2) is 0 Å². The van der Waals surface area contributed by atoms with Crippen molar-refractivity contribution in [2.24, 2.45) is 0 Å². The van der Waals surface area contributed by atoms with Crippen molar-refractivity contribution in [3.63, 3.8) is 0 Å². The SMILES string of the molecule is COc1ccc(Cl)cc1CN1CCOC(CN(C)CC(=O)O)C1. The van der Waals surface area contributed by atoms with Gasteiger partial charge in [0.1, 0.15) is 5.75 Å². The van der Waals surface area contributed by atoms with Gasteiger partial charge >= 0.3 is 5.97 Å². The maximum atomic E-state index is 10.7. The van der Waals surface area contributed by atoms with E-state index in [1.165, 1.54) is 0 Å². The maximum absolute atomic E-state index is 10.7. The van der Waals surface area contributed by atoms with Crippen molar-refractivity contribution < 1.29 is 19.4 Å². The van der Waals surface area contributed by atoms with Crippen LogP contribution in [0.25, 0.3) is 0 Å². The van der Waals surface area contributed by atoms with Crippen LogP contribution in [0.1, 0.15) is 5.56 Å². The van der Waals surface area contributed by atoms with Crippen LogP contribution in [0.15, 0.2) is 18.2 Å². The zero-order chi connectivity index (χ0) is 16.8. The zero-order valence-electron chi connectivity index (χ0n) is 13.5. The van der Waals surface area contributed by atoms with Crippen LogP contribution < -0.4 is 4.74 Å². The lowest BCUT2D eigenvalue weighted by Gasteiger charge is -2.34. The van der Waals surface area contributed by atoms with Gasteiger partial charge in [-0.15, -0.1) is 0 Å². The molecule has 0 aromatic heterocycles. The number of rotatable bonds is 7. The number of benzene rings is 1. The second-order valence-corrected chi connectivity index (χ2v) is 6.21.